The van der Waals surface area contributed by atoms with Crippen LogP contribution in [-0.4, -0.2) is 14.9 Å². The molecule has 1 heterocycles. The van der Waals surface area contributed by atoms with Crippen molar-refractivity contribution in [1.82, 2.24) is 9.78 Å². The van der Waals surface area contributed by atoms with Crippen LogP contribution in [0.1, 0.15) is 36.6 Å². The summed E-state index contributed by atoms with van der Waals surface area (Å²) in [5.74, 6) is 0.652. The lowest BCUT2D eigenvalue weighted by atomic mass is 9.99. The number of hydrogen-bond acceptors (Lipinski definition) is 2. The van der Waals surface area contributed by atoms with Gasteiger partial charge in [0, 0.05) is 18.8 Å². The molecule has 0 bridgehead atoms. The van der Waals surface area contributed by atoms with Crippen LogP contribution in [0.25, 0.3) is 0 Å². The van der Waals surface area contributed by atoms with E-state index < -0.39 is 6.10 Å². The summed E-state index contributed by atoms with van der Waals surface area (Å²) in [4.78, 5) is 0. The van der Waals surface area contributed by atoms with Crippen LogP contribution in [0.15, 0.2) is 36.7 Å². The van der Waals surface area contributed by atoms with Crippen molar-refractivity contribution >= 4 is 0 Å². The molecule has 0 aliphatic heterocycles. The highest BCUT2D eigenvalue weighted by molar-refractivity contribution is 5.30. The molecule has 1 aromatic carbocycles. The minimum Gasteiger partial charge on any atom is -0.384 e. The normalized spacial score (nSPS) is 12.9. The maximum Gasteiger partial charge on any atom is 0.107 e. The molecule has 3 nitrogen and oxygen atoms in total. The second-order valence-electron chi connectivity index (χ2n) is 5.19. The third kappa shape index (κ3) is 2.99. The van der Waals surface area contributed by atoms with Gasteiger partial charge in [-0.25, -0.2) is 0 Å². The highest BCUT2D eigenvalue weighted by Gasteiger charge is 2.12. The molecule has 1 unspecified atom stereocenters. The lowest BCUT2D eigenvalue weighted by molar-refractivity contribution is 0.220. The van der Waals surface area contributed by atoms with Gasteiger partial charge in [0.15, 0.2) is 0 Å². The molecule has 0 fully saturated rings. The van der Waals surface area contributed by atoms with Crippen molar-refractivity contribution < 1.29 is 5.11 Å². The molecular formula is C15H20N2O. The molecule has 0 amide bonds. The number of aliphatic hydroxyl groups is 1. The van der Waals surface area contributed by atoms with Crippen molar-refractivity contribution in [3.05, 3.63) is 53.3 Å². The average Bonchev–Trinajstić information content (AvgIpc) is 2.75. The molecule has 3 heteroatoms. The standard InChI is InChI=1S/C15H20N2O/c1-11(2)8-12-4-6-13(7-5-12)15(18)14-9-16-17(3)10-14/h4-7,9-11,15,18H,8H2,1-3H3. The first-order chi connectivity index (χ1) is 8.56. The minimum absolute atomic E-state index is 0.591. The molecule has 0 saturated carbocycles. The first kappa shape index (κ1) is 12.8. The number of nitrogens with zero attached hydrogens (tertiary/aromatic N) is 2. The van der Waals surface area contributed by atoms with Crippen molar-refractivity contribution in [1.29, 1.82) is 0 Å². The molecule has 1 aromatic heterocycles. The van der Waals surface area contributed by atoms with E-state index in [1.807, 2.05) is 25.4 Å². The van der Waals surface area contributed by atoms with Crippen molar-refractivity contribution in [2.75, 3.05) is 0 Å². The molecule has 18 heavy (non-hydrogen) atoms. The van der Waals surface area contributed by atoms with Gasteiger partial charge in [-0.2, -0.15) is 5.10 Å². The second-order valence-corrected chi connectivity index (χ2v) is 5.19. The van der Waals surface area contributed by atoms with E-state index in [-0.39, 0.29) is 0 Å². The van der Waals surface area contributed by atoms with Gasteiger partial charge in [0.1, 0.15) is 6.10 Å². The van der Waals surface area contributed by atoms with E-state index in [9.17, 15) is 5.11 Å². The van der Waals surface area contributed by atoms with Gasteiger partial charge < -0.3 is 5.11 Å². The van der Waals surface area contributed by atoms with E-state index in [4.69, 9.17) is 0 Å². The van der Waals surface area contributed by atoms with Gasteiger partial charge in [0.2, 0.25) is 0 Å². The van der Waals surface area contributed by atoms with E-state index in [1.54, 1.807) is 10.9 Å². The summed E-state index contributed by atoms with van der Waals surface area (Å²) in [5.41, 5.74) is 3.05. The largest absolute Gasteiger partial charge is 0.384 e. The van der Waals surface area contributed by atoms with E-state index in [2.05, 4.69) is 31.1 Å². The number of rotatable bonds is 4. The zero-order chi connectivity index (χ0) is 13.1. The topological polar surface area (TPSA) is 38.1 Å². The fourth-order valence-corrected chi connectivity index (χ4v) is 2.08. The summed E-state index contributed by atoms with van der Waals surface area (Å²) in [6.45, 7) is 4.41. The van der Waals surface area contributed by atoms with Crippen molar-refractivity contribution in [3.63, 3.8) is 0 Å². The quantitative estimate of drug-likeness (QED) is 0.898. The Morgan fingerprint density at radius 3 is 2.33 bits per heavy atom. The summed E-state index contributed by atoms with van der Waals surface area (Å²) in [7, 11) is 1.85. The first-order valence-corrected chi connectivity index (χ1v) is 6.31. The number of aliphatic hydroxyl groups excluding tert-OH is 1. The molecule has 1 atom stereocenters. The van der Waals surface area contributed by atoms with Gasteiger partial charge >= 0.3 is 0 Å². The van der Waals surface area contributed by atoms with Crippen LogP contribution in [0.5, 0.6) is 0 Å². The molecule has 0 aliphatic carbocycles. The van der Waals surface area contributed by atoms with Crippen LogP contribution < -0.4 is 0 Å². The first-order valence-electron chi connectivity index (χ1n) is 6.31. The number of aromatic nitrogens is 2. The maximum atomic E-state index is 10.2. The Labute approximate surface area is 108 Å². The molecule has 1 N–H and O–H groups in total. The Balaban J connectivity index is 2.14. The van der Waals surface area contributed by atoms with Crippen LogP contribution in [0.4, 0.5) is 0 Å². The van der Waals surface area contributed by atoms with Crippen molar-refractivity contribution in [2.24, 2.45) is 13.0 Å². The Morgan fingerprint density at radius 2 is 1.83 bits per heavy atom. The zero-order valence-corrected chi connectivity index (χ0v) is 11.2. The average molecular weight is 244 g/mol. The number of benzene rings is 1. The lowest BCUT2D eigenvalue weighted by Gasteiger charge is -2.10. The summed E-state index contributed by atoms with van der Waals surface area (Å²) in [5, 5.41) is 14.3. The van der Waals surface area contributed by atoms with Gasteiger partial charge in [-0.1, -0.05) is 38.1 Å². The predicted molar refractivity (Wildman–Crippen MR) is 72.3 cm³/mol. The summed E-state index contributed by atoms with van der Waals surface area (Å²) >= 11 is 0. The van der Waals surface area contributed by atoms with Gasteiger partial charge in [-0.15, -0.1) is 0 Å². The molecule has 0 aliphatic rings. The molecular weight excluding hydrogens is 224 g/mol. The van der Waals surface area contributed by atoms with E-state index in [1.165, 1.54) is 5.56 Å². The fourth-order valence-electron chi connectivity index (χ4n) is 2.08. The summed E-state index contributed by atoms with van der Waals surface area (Å²) in [6.07, 6.45) is 4.02. The summed E-state index contributed by atoms with van der Waals surface area (Å²) in [6, 6.07) is 8.18. The number of aryl methyl sites for hydroxylation is 1. The molecule has 0 spiro atoms. The lowest BCUT2D eigenvalue weighted by Crippen LogP contribution is -2.00. The number of hydrogen-bond donors (Lipinski definition) is 1. The van der Waals surface area contributed by atoms with E-state index in [0.717, 1.165) is 17.5 Å². The van der Waals surface area contributed by atoms with Crippen molar-refractivity contribution in [2.45, 2.75) is 26.4 Å². The third-order valence-corrected chi connectivity index (χ3v) is 2.98. The van der Waals surface area contributed by atoms with Crippen LogP contribution in [0, 0.1) is 5.92 Å². The molecule has 0 radical (unpaired) electrons. The Bertz CT molecular complexity index is 499. The second kappa shape index (κ2) is 5.36. The zero-order valence-electron chi connectivity index (χ0n) is 11.2. The summed E-state index contributed by atoms with van der Waals surface area (Å²) < 4.78 is 1.70. The molecule has 96 valence electrons. The van der Waals surface area contributed by atoms with Crippen LogP contribution >= 0.6 is 0 Å². The van der Waals surface area contributed by atoms with Gasteiger partial charge in [0.05, 0.1) is 6.20 Å². The third-order valence-electron chi connectivity index (χ3n) is 2.98. The maximum absolute atomic E-state index is 10.2. The highest BCUT2D eigenvalue weighted by atomic mass is 16.3. The highest BCUT2D eigenvalue weighted by Crippen LogP contribution is 2.22. The molecule has 2 aromatic rings. The van der Waals surface area contributed by atoms with E-state index >= 15 is 0 Å². The Hall–Kier alpha value is -1.61. The minimum atomic E-state index is -0.591. The van der Waals surface area contributed by atoms with Gasteiger partial charge in [0.25, 0.3) is 0 Å². The molecule has 2 rings (SSSR count). The molecule has 0 saturated heterocycles. The van der Waals surface area contributed by atoms with Gasteiger partial charge in [-0.05, 0) is 23.5 Å². The van der Waals surface area contributed by atoms with Crippen molar-refractivity contribution in [3.8, 4) is 0 Å². The Morgan fingerprint density at radius 1 is 1.17 bits per heavy atom. The predicted octanol–water partition coefficient (Wildman–Crippen LogP) is 2.70. The van der Waals surface area contributed by atoms with Crippen LogP contribution in [-0.2, 0) is 13.5 Å². The Kier molecular flexibility index (Phi) is 3.82. The smallest absolute Gasteiger partial charge is 0.107 e. The fraction of sp³-hybridized carbons (Fsp3) is 0.400. The monoisotopic (exact) mass is 244 g/mol. The van der Waals surface area contributed by atoms with Gasteiger partial charge in [-0.3, -0.25) is 4.68 Å². The van der Waals surface area contributed by atoms with E-state index in [0.29, 0.717) is 5.92 Å². The SMILES string of the molecule is CC(C)Cc1ccc(C(O)c2cnn(C)c2)cc1. The van der Waals surface area contributed by atoms with Crippen LogP contribution in [0.3, 0.4) is 0 Å². The van der Waals surface area contributed by atoms with Crippen LogP contribution in [0.2, 0.25) is 0 Å².